The highest BCUT2D eigenvalue weighted by Gasteiger charge is 2.30. The fraction of sp³-hybridized carbons (Fsp3) is 0.944. The Balaban J connectivity index is 2.39. The predicted octanol–water partition coefficient (Wildman–Crippen LogP) is 3.95. The van der Waals surface area contributed by atoms with Gasteiger partial charge in [-0.25, -0.2) is 4.79 Å². The number of nitrogens with one attached hydrogen (secondary N) is 2. The third-order valence-electron chi connectivity index (χ3n) is 4.95. The van der Waals surface area contributed by atoms with Gasteiger partial charge in [-0.3, -0.25) is 0 Å². The zero-order valence-corrected chi connectivity index (χ0v) is 15.6. The zero-order valence-electron chi connectivity index (χ0n) is 15.6. The van der Waals surface area contributed by atoms with Crippen LogP contribution in [0.4, 0.5) is 4.79 Å². The average Bonchev–Trinajstić information content (AvgIpc) is 2.79. The summed E-state index contributed by atoms with van der Waals surface area (Å²) in [5.41, 5.74) is -0.134. The summed E-state index contributed by atoms with van der Waals surface area (Å²) in [7, 11) is 0. The first-order valence-electron chi connectivity index (χ1n) is 8.71. The van der Waals surface area contributed by atoms with E-state index in [9.17, 15) is 4.79 Å². The van der Waals surface area contributed by atoms with Crippen LogP contribution in [0.1, 0.15) is 67.7 Å². The van der Waals surface area contributed by atoms with Crippen LogP contribution in [-0.2, 0) is 4.74 Å². The van der Waals surface area contributed by atoms with Crippen molar-refractivity contribution in [2.24, 2.45) is 17.3 Å². The van der Waals surface area contributed by atoms with Crippen LogP contribution >= 0.6 is 0 Å². The Morgan fingerprint density at radius 1 is 1.18 bits per heavy atom. The summed E-state index contributed by atoms with van der Waals surface area (Å²) < 4.78 is 5.31. The van der Waals surface area contributed by atoms with Gasteiger partial charge >= 0.3 is 6.09 Å². The molecule has 1 rings (SSSR count). The van der Waals surface area contributed by atoms with Crippen molar-refractivity contribution in [2.45, 2.75) is 79.4 Å². The Morgan fingerprint density at radius 3 is 2.36 bits per heavy atom. The van der Waals surface area contributed by atoms with Crippen molar-refractivity contribution in [1.29, 1.82) is 0 Å². The van der Waals surface area contributed by atoms with E-state index in [2.05, 4.69) is 38.3 Å². The van der Waals surface area contributed by atoms with Crippen LogP contribution in [0.25, 0.3) is 0 Å². The fourth-order valence-electron chi connectivity index (χ4n) is 2.68. The topological polar surface area (TPSA) is 50.4 Å². The molecule has 0 spiro atoms. The SMILES string of the molecule is CC(C)C(C)(C)CNC1CCCC1CNC(=O)OC(C)(C)C. The Bertz CT molecular complexity index is 359. The number of hydrogen-bond donors (Lipinski definition) is 2. The van der Waals surface area contributed by atoms with Crippen molar-refractivity contribution in [3.8, 4) is 0 Å². The standard InChI is InChI=1S/C18H36N2O2/c1-13(2)18(6,7)12-20-15-10-8-9-14(15)11-19-16(21)22-17(3,4)5/h13-15,20H,8-12H2,1-7H3,(H,19,21). The number of ether oxygens (including phenoxy) is 1. The highest BCUT2D eigenvalue weighted by atomic mass is 16.6. The highest BCUT2D eigenvalue weighted by Crippen LogP contribution is 2.29. The lowest BCUT2D eigenvalue weighted by molar-refractivity contribution is 0.0516. The number of alkyl carbamates (subject to hydrolysis) is 1. The normalized spacial score (nSPS) is 22.9. The van der Waals surface area contributed by atoms with Crippen LogP contribution < -0.4 is 10.6 Å². The molecule has 130 valence electrons. The largest absolute Gasteiger partial charge is 0.444 e. The first kappa shape index (κ1) is 19.3. The Kier molecular flexibility index (Phi) is 6.72. The second-order valence-electron chi connectivity index (χ2n) is 8.70. The van der Waals surface area contributed by atoms with E-state index < -0.39 is 5.60 Å². The highest BCUT2D eigenvalue weighted by molar-refractivity contribution is 5.67. The predicted molar refractivity (Wildman–Crippen MR) is 92.0 cm³/mol. The molecule has 0 radical (unpaired) electrons. The summed E-state index contributed by atoms with van der Waals surface area (Å²) in [4.78, 5) is 11.8. The quantitative estimate of drug-likeness (QED) is 0.780. The maximum Gasteiger partial charge on any atom is 0.407 e. The van der Waals surface area contributed by atoms with Gasteiger partial charge in [0.2, 0.25) is 0 Å². The summed E-state index contributed by atoms with van der Waals surface area (Å²) >= 11 is 0. The molecular weight excluding hydrogens is 276 g/mol. The molecule has 2 atom stereocenters. The molecule has 0 saturated heterocycles. The van der Waals surface area contributed by atoms with Gasteiger partial charge in [0.15, 0.2) is 0 Å². The molecule has 22 heavy (non-hydrogen) atoms. The van der Waals surface area contributed by atoms with E-state index in [1.807, 2.05) is 20.8 Å². The molecule has 1 aliphatic carbocycles. The van der Waals surface area contributed by atoms with Gasteiger partial charge in [-0.2, -0.15) is 0 Å². The Morgan fingerprint density at radius 2 is 1.82 bits per heavy atom. The van der Waals surface area contributed by atoms with Gasteiger partial charge in [-0.05, 0) is 50.9 Å². The van der Waals surface area contributed by atoms with Gasteiger partial charge in [0.1, 0.15) is 5.60 Å². The molecule has 1 fully saturated rings. The lowest BCUT2D eigenvalue weighted by Gasteiger charge is -2.32. The van der Waals surface area contributed by atoms with Gasteiger partial charge in [0.05, 0.1) is 0 Å². The van der Waals surface area contributed by atoms with E-state index in [1.165, 1.54) is 19.3 Å². The van der Waals surface area contributed by atoms with Crippen molar-refractivity contribution in [1.82, 2.24) is 10.6 Å². The lowest BCUT2D eigenvalue weighted by atomic mass is 9.81. The van der Waals surface area contributed by atoms with E-state index in [-0.39, 0.29) is 6.09 Å². The maximum absolute atomic E-state index is 11.8. The van der Waals surface area contributed by atoms with E-state index in [0.717, 1.165) is 6.54 Å². The molecule has 4 heteroatoms. The van der Waals surface area contributed by atoms with E-state index in [0.29, 0.717) is 29.8 Å². The second kappa shape index (κ2) is 7.67. The molecule has 4 nitrogen and oxygen atoms in total. The van der Waals surface area contributed by atoms with Gasteiger partial charge in [0, 0.05) is 19.1 Å². The molecule has 1 saturated carbocycles. The molecule has 0 aliphatic heterocycles. The van der Waals surface area contributed by atoms with E-state index in [1.54, 1.807) is 0 Å². The average molecular weight is 312 g/mol. The monoisotopic (exact) mass is 312 g/mol. The van der Waals surface area contributed by atoms with E-state index >= 15 is 0 Å². The minimum absolute atomic E-state index is 0.297. The van der Waals surface area contributed by atoms with Crippen LogP contribution in [0.5, 0.6) is 0 Å². The first-order chi connectivity index (χ1) is 10.0. The van der Waals surface area contributed by atoms with Crippen LogP contribution in [0.2, 0.25) is 0 Å². The van der Waals surface area contributed by atoms with Crippen molar-refractivity contribution >= 4 is 6.09 Å². The van der Waals surface area contributed by atoms with Gasteiger partial charge in [-0.15, -0.1) is 0 Å². The molecule has 0 aromatic carbocycles. The summed E-state index contributed by atoms with van der Waals surface area (Å²) in [5, 5.41) is 6.66. The molecule has 2 N–H and O–H groups in total. The summed E-state index contributed by atoms with van der Waals surface area (Å²) in [6.45, 7) is 16.6. The minimum atomic E-state index is -0.432. The molecule has 0 aromatic heterocycles. The lowest BCUT2D eigenvalue weighted by Crippen LogP contribution is -2.44. The number of carbonyl (C=O) groups is 1. The fourth-order valence-corrected chi connectivity index (χ4v) is 2.68. The molecule has 0 aromatic rings. The first-order valence-corrected chi connectivity index (χ1v) is 8.71. The van der Waals surface area contributed by atoms with Crippen molar-refractivity contribution in [3.05, 3.63) is 0 Å². The third kappa shape index (κ3) is 6.55. The number of amides is 1. The molecule has 2 unspecified atom stereocenters. The van der Waals surface area contributed by atoms with Crippen LogP contribution in [-0.4, -0.2) is 30.8 Å². The van der Waals surface area contributed by atoms with Crippen molar-refractivity contribution in [3.63, 3.8) is 0 Å². The molecule has 1 aliphatic rings. The van der Waals surface area contributed by atoms with E-state index in [4.69, 9.17) is 4.74 Å². The van der Waals surface area contributed by atoms with Gasteiger partial charge in [-0.1, -0.05) is 34.1 Å². The Labute approximate surface area is 136 Å². The Hall–Kier alpha value is -0.770. The number of rotatable bonds is 6. The van der Waals surface area contributed by atoms with Gasteiger partial charge in [0.25, 0.3) is 0 Å². The van der Waals surface area contributed by atoms with Crippen LogP contribution in [0.3, 0.4) is 0 Å². The summed E-state index contributed by atoms with van der Waals surface area (Å²) in [5.74, 6) is 1.16. The molecule has 1 amide bonds. The number of hydrogen-bond acceptors (Lipinski definition) is 3. The number of carbonyl (C=O) groups excluding carboxylic acids is 1. The molecule has 0 bridgehead atoms. The van der Waals surface area contributed by atoms with Crippen LogP contribution in [0.15, 0.2) is 0 Å². The maximum atomic E-state index is 11.8. The third-order valence-corrected chi connectivity index (χ3v) is 4.95. The van der Waals surface area contributed by atoms with Crippen molar-refractivity contribution < 1.29 is 9.53 Å². The second-order valence-corrected chi connectivity index (χ2v) is 8.70. The minimum Gasteiger partial charge on any atom is -0.444 e. The molecule has 0 heterocycles. The van der Waals surface area contributed by atoms with Gasteiger partial charge < -0.3 is 15.4 Å². The summed E-state index contributed by atoms with van der Waals surface area (Å²) in [6.07, 6.45) is 3.31. The summed E-state index contributed by atoms with van der Waals surface area (Å²) in [6, 6.07) is 0.507. The molecular formula is C18H36N2O2. The van der Waals surface area contributed by atoms with Crippen molar-refractivity contribution in [2.75, 3.05) is 13.1 Å². The smallest absolute Gasteiger partial charge is 0.407 e. The zero-order chi connectivity index (χ0) is 17.0. The van der Waals surface area contributed by atoms with Crippen LogP contribution in [0, 0.1) is 17.3 Å².